The molecule has 3 rings (SSSR count). The largest absolute Gasteiger partial charge is 0.341 e. The van der Waals surface area contributed by atoms with E-state index in [1.807, 2.05) is 22.9 Å². The molecule has 3 heterocycles. The zero-order valence-corrected chi connectivity index (χ0v) is 14.6. The molecule has 7 heteroatoms. The quantitative estimate of drug-likeness (QED) is 0.909. The molecular formula is C17H27N5O2. The molecular weight excluding hydrogens is 306 g/mol. The predicted octanol–water partition coefficient (Wildman–Crippen LogP) is 1.42. The van der Waals surface area contributed by atoms with Crippen molar-refractivity contribution in [1.82, 2.24) is 24.9 Å². The molecule has 0 aromatic carbocycles. The lowest BCUT2D eigenvalue weighted by molar-refractivity contribution is 0.0776. The first kappa shape index (κ1) is 16.8. The van der Waals surface area contributed by atoms with E-state index in [-0.39, 0.29) is 11.9 Å². The highest BCUT2D eigenvalue weighted by Gasteiger charge is 2.34. The summed E-state index contributed by atoms with van der Waals surface area (Å²) in [5.74, 6) is 1.27. The van der Waals surface area contributed by atoms with Crippen molar-refractivity contribution < 1.29 is 9.59 Å². The Morgan fingerprint density at radius 1 is 1.17 bits per heavy atom. The first-order valence-corrected chi connectivity index (χ1v) is 8.90. The topological polar surface area (TPSA) is 70.5 Å². The average molecular weight is 333 g/mol. The zero-order chi connectivity index (χ0) is 17.1. The summed E-state index contributed by atoms with van der Waals surface area (Å²) in [6.45, 7) is 6.09. The Hall–Kier alpha value is -2.05. The lowest BCUT2D eigenvalue weighted by atomic mass is 9.84. The number of amides is 3. The zero-order valence-electron chi connectivity index (χ0n) is 14.6. The molecule has 132 valence electrons. The van der Waals surface area contributed by atoms with Gasteiger partial charge < -0.3 is 15.1 Å². The summed E-state index contributed by atoms with van der Waals surface area (Å²) in [5.41, 5.74) is 0.687. The van der Waals surface area contributed by atoms with Crippen molar-refractivity contribution >= 4 is 11.9 Å². The van der Waals surface area contributed by atoms with Crippen LogP contribution in [0.25, 0.3) is 0 Å². The minimum atomic E-state index is 0.0182. The van der Waals surface area contributed by atoms with Crippen LogP contribution in [0.4, 0.5) is 4.79 Å². The number of nitrogens with one attached hydrogen (secondary N) is 1. The molecule has 0 bridgehead atoms. The highest BCUT2D eigenvalue weighted by atomic mass is 16.2. The third-order valence-corrected chi connectivity index (χ3v) is 5.42. The Kier molecular flexibility index (Phi) is 5.06. The van der Waals surface area contributed by atoms with Gasteiger partial charge in [0.25, 0.3) is 5.91 Å². The van der Waals surface area contributed by atoms with Crippen molar-refractivity contribution in [2.24, 2.45) is 11.8 Å². The van der Waals surface area contributed by atoms with E-state index in [0.29, 0.717) is 17.4 Å². The van der Waals surface area contributed by atoms with Crippen LogP contribution in [0.1, 0.15) is 36.5 Å². The van der Waals surface area contributed by atoms with Gasteiger partial charge >= 0.3 is 6.03 Å². The number of aryl methyl sites for hydroxylation is 1. The molecule has 2 fully saturated rings. The van der Waals surface area contributed by atoms with Crippen LogP contribution >= 0.6 is 0 Å². The summed E-state index contributed by atoms with van der Waals surface area (Å²) < 4.78 is 1.79. The maximum atomic E-state index is 12.6. The van der Waals surface area contributed by atoms with Crippen LogP contribution in [0.3, 0.4) is 0 Å². The van der Waals surface area contributed by atoms with Crippen molar-refractivity contribution in [3.63, 3.8) is 0 Å². The van der Waals surface area contributed by atoms with Crippen molar-refractivity contribution in [2.75, 3.05) is 33.2 Å². The standard InChI is InChI=1S/C17H27N5O2/c1-3-22-12-15(10-19-22)16(23)21-9-6-14(11-21)13-4-7-20(8-5-13)17(24)18-2/h10,12-14H,3-9,11H2,1-2H3,(H,18,24). The highest BCUT2D eigenvalue weighted by Crippen LogP contribution is 2.32. The third kappa shape index (κ3) is 3.39. The van der Waals surface area contributed by atoms with Gasteiger partial charge in [-0.05, 0) is 38.0 Å². The molecule has 0 radical (unpaired) electrons. The number of hydrogen-bond acceptors (Lipinski definition) is 3. The van der Waals surface area contributed by atoms with E-state index in [1.54, 1.807) is 17.9 Å². The summed E-state index contributed by atoms with van der Waals surface area (Å²) in [6.07, 6.45) is 6.64. The van der Waals surface area contributed by atoms with Crippen LogP contribution in [0.15, 0.2) is 12.4 Å². The lowest BCUT2D eigenvalue weighted by Gasteiger charge is -2.34. The van der Waals surface area contributed by atoms with Crippen LogP contribution in [-0.4, -0.2) is 64.7 Å². The molecule has 24 heavy (non-hydrogen) atoms. The number of carbonyl (C=O) groups is 2. The van der Waals surface area contributed by atoms with Gasteiger partial charge in [-0.15, -0.1) is 0 Å². The number of hydrogen-bond donors (Lipinski definition) is 1. The molecule has 3 amide bonds. The van der Waals surface area contributed by atoms with Crippen LogP contribution in [0.2, 0.25) is 0 Å². The van der Waals surface area contributed by atoms with Gasteiger partial charge in [0.05, 0.1) is 11.8 Å². The predicted molar refractivity (Wildman–Crippen MR) is 90.7 cm³/mol. The minimum absolute atomic E-state index is 0.0182. The van der Waals surface area contributed by atoms with Crippen LogP contribution < -0.4 is 5.32 Å². The first-order valence-electron chi connectivity index (χ1n) is 8.90. The Morgan fingerprint density at radius 3 is 2.46 bits per heavy atom. The molecule has 0 saturated carbocycles. The molecule has 1 unspecified atom stereocenters. The molecule has 1 atom stereocenters. The Balaban J connectivity index is 1.52. The molecule has 0 aliphatic carbocycles. The van der Waals surface area contributed by atoms with E-state index < -0.39 is 0 Å². The van der Waals surface area contributed by atoms with E-state index >= 15 is 0 Å². The van der Waals surface area contributed by atoms with E-state index in [0.717, 1.165) is 52.0 Å². The van der Waals surface area contributed by atoms with Crippen molar-refractivity contribution in [3.8, 4) is 0 Å². The second-order valence-electron chi connectivity index (χ2n) is 6.76. The van der Waals surface area contributed by atoms with Crippen LogP contribution in [0, 0.1) is 11.8 Å². The second kappa shape index (κ2) is 7.23. The average Bonchev–Trinajstić information content (AvgIpc) is 3.30. The lowest BCUT2D eigenvalue weighted by Crippen LogP contribution is -2.44. The second-order valence-corrected chi connectivity index (χ2v) is 6.76. The fourth-order valence-corrected chi connectivity index (χ4v) is 3.92. The summed E-state index contributed by atoms with van der Waals surface area (Å²) >= 11 is 0. The van der Waals surface area contributed by atoms with E-state index in [4.69, 9.17) is 0 Å². The van der Waals surface area contributed by atoms with Gasteiger partial charge in [0.2, 0.25) is 0 Å². The normalized spacial score (nSPS) is 22.0. The van der Waals surface area contributed by atoms with Crippen molar-refractivity contribution in [3.05, 3.63) is 18.0 Å². The minimum Gasteiger partial charge on any atom is -0.341 e. The molecule has 1 aromatic rings. The van der Waals surface area contributed by atoms with Crippen molar-refractivity contribution in [2.45, 2.75) is 32.7 Å². The number of nitrogens with zero attached hydrogens (tertiary/aromatic N) is 4. The Morgan fingerprint density at radius 2 is 1.83 bits per heavy atom. The van der Waals surface area contributed by atoms with Gasteiger partial charge in [-0.1, -0.05) is 0 Å². The van der Waals surface area contributed by atoms with Gasteiger partial charge in [-0.2, -0.15) is 5.10 Å². The first-order chi connectivity index (χ1) is 11.6. The van der Waals surface area contributed by atoms with E-state index in [1.165, 1.54) is 0 Å². The monoisotopic (exact) mass is 333 g/mol. The number of likely N-dealkylation sites (tertiary alicyclic amines) is 2. The van der Waals surface area contributed by atoms with Crippen LogP contribution in [0.5, 0.6) is 0 Å². The van der Waals surface area contributed by atoms with E-state index in [9.17, 15) is 9.59 Å². The Labute approximate surface area is 143 Å². The smallest absolute Gasteiger partial charge is 0.317 e. The molecule has 0 spiro atoms. The molecule has 7 nitrogen and oxygen atoms in total. The summed E-state index contributed by atoms with van der Waals surface area (Å²) in [6, 6.07) is 0.0182. The molecule has 2 aliphatic rings. The van der Waals surface area contributed by atoms with Crippen molar-refractivity contribution in [1.29, 1.82) is 0 Å². The number of urea groups is 1. The number of aromatic nitrogens is 2. The maximum Gasteiger partial charge on any atom is 0.317 e. The third-order valence-electron chi connectivity index (χ3n) is 5.42. The fourth-order valence-electron chi connectivity index (χ4n) is 3.92. The van der Waals surface area contributed by atoms with Gasteiger partial charge in [0.1, 0.15) is 0 Å². The van der Waals surface area contributed by atoms with Crippen LogP contribution in [-0.2, 0) is 6.54 Å². The van der Waals surface area contributed by atoms with Gasteiger partial charge in [0.15, 0.2) is 0 Å². The van der Waals surface area contributed by atoms with Gasteiger partial charge in [-0.25, -0.2) is 4.79 Å². The number of carbonyl (C=O) groups excluding carboxylic acids is 2. The summed E-state index contributed by atoms with van der Waals surface area (Å²) in [5, 5.41) is 6.89. The fraction of sp³-hybridized carbons (Fsp3) is 0.706. The molecule has 1 N–H and O–H groups in total. The molecule has 2 saturated heterocycles. The van der Waals surface area contributed by atoms with Gasteiger partial charge in [-0.3, -0.25) is 9.48 Å². The molecule has 1 aromatic heterocycles. The Bertz CT molecular complexity index is 592. The number of rotatable bonds is 3. The summed E-state index contributed by atoms with van der Waals surface area (Å²) in [7, 11) is 1.68. The van der Waals surface area contributed by atoms with E-state index in [2.05, 4.69) is 10.4 Å². The van der Waals surface area contributed by atoms with Gasteiger partial charge in [0, 0.05) is 46.0 Å². The highest BCUT2D eigenvalue weighted by molar-refractivity contribution is 5.93. The summed E-state index contributed by atoms with van der Waals surface area (Å²) in [4.78, 5) is 28.1. The maximum absolute atomic E-state index is 12.6. The number of piperidine rings is 1. The molecule has 2 aliphatic heterocycles. The SMILES string of the molecule is CCn1cc(C(=O)N2CCC(C3CCN(C(=O)NC)CC3)C2)cn1.